The molecule has 3 N–H and O–H groups in total. The van der Waals surface area contributed by atoms with E-state index >= 15 is 0 Å². The van der Waals surface area contributed by atoms with Crippen molar-refractivity contribution in [2.75, 3.05) is 26.4 Å². The topological polar surface area (TPSA) is 82.5 Å². The van der Waals surface area contributed by atoms with Crippen LogP contribution in [0.25, 0.3) is 0 Å². The molecule has 11 heavy (non-hydrogen) atoms. The van der Waals surface area contributed by atoms with E-state index in [-0.39, 0.29) is 19.8 Å². The fourth-order valence-corrected chi connectivity index (χ4v) is 0.713. The number of hydrogen-bond donors (Lipinski definition) is 3. The maximum atomic E-state index is 8.68. The molecule has 1 heterocycles. The molecule has 0 spiro atoms. The van der Waals surface area contributed by atoms with E-state index in [9.17, 15) is 0 Å². The van der Waals surface area contributed by atoms with Crippen molar-refractivity contribution in [3.8, 4) is 0 Å². The smallest absolute Gasteiger partial charge is 0.216 e. The largest absolute Gasteiger partial charge is 0.394 e. The van der Waals surface area contributed by atoms with E-state index in [4.69, 9.17) is 24.8 Å². The number of ether oxygens (including phenoxy) is 2. The summed E-state index contributed by atoms with van der Waals surface area (Å²) in [5.41, 5.74) is 0. The van der Waals surface area contributed by atoms with Crippen LogP contribution in [0, 0.1) is 0 Å². The molecular weight excluding hydrogens is 152 g/mol. The lowest BCUT2D eigenvalue weighted by Crippen LogP contribution is -2.32. The molecule has 0 radical (unpaired) electrons. The second kappa shape index (κ2) is 3.46. The summed E-state index contributed by atoms with van der Waals surface area (Å²) in [5, 5.41) is 25.9. The van der Waals surface area contributed by atoms with E-state index < -0.39 is 11.9 Å². The van der Waals surface area contributed by atoms with Crippen molar-refractivity contribution in [2.45, 2.75) is 11.9 Å². The Hall–Kier alpha value is -0.200. The first kappa shape index (κ1) is 8.89. The Morgan fingerprint density at radius 1 is 1.36 bits per heavy atom. The number of epoxide rings is 1. The monoisotopic (exact) mass is 164 g/mol. The van der Waals surface area contributed by atoms with Gasteiger partial charge in [0.05, 0.1) is 19.8 Å². The van der Waals surface area contributed by atoms with Crippen molar-refractivity contribution in [1.29, 1.82) is 0 Å². The molecule has 0 aromatic rings. The van der Waals surface area contributed by atoms with Crippen LogP contribution in [0.4, 0.5) is 0 Å². The Morgan fingerprint density at radius 3 is 2.18 bits per heavy atom. The highest BCUT2D eigenvalue weighted by molar-refractivity contribution is 4.82. The molecule has 1 fully saturated rings. The maximum absolute atomic E-state index is 8.68. The highest BCUT2D eigenvalue weighted by Crippen LogP contribution is 2.28. The predicted octanol–water partition coefficient (Wildman–Crippen LogP) is -1.93. The molecule has 5 nitrogen and oxygen atoms in total. The zero-order chi connectivity index (χ0) is 8.32. The summed E-state index contributed by atoms with van der Waals surface area (Å²) in [6.45, 7) is -0.479. The van der Waals surface area contributed by atoms with Gasteiger partial charge in [-0.2, -0.15) is 0 Å². The number of aliphatic hydroxyl groups excluding tert-OH is 3. The number of hydrogen-bond acceptors (Lipinski definition) is 5. The van der Waals surface area contributed by atoms with Gasteiger partial charge in [-0.3, -0.25) is 0 Å². The van der Waals surface area contributed by atoms with Crippen molar-refractivity contribution in [2.24, 2.45) is 0 Å². The molecule has 1 unspecified atom stereocenters. The van der Waals surface area contributed by atoms with Gasteiger partial charge in [-0.1, -0.05) is 0 Å². The fraction of sp³-hybridized carbons (Fsp3) is 1.00. The van der Waals surface area contributed by atoms with Gasteiger partial charge in [-0.05, 0) is 0 Å². The van der Waals surface area contributed by atoms with E-state index in [1.54, 1.807) is 0 Å². The van der Waals surface area contributed by atoms with Gasteiger partial charge in [0.2, 0.25) is 5.79 Å². The van der Waals surface area contributed by atoms with Gasteiger partial charge >= 0.3 is 0 Å². The van der Waals surface area contributed by atoms with E-state index in [0.717, 1.165) is 0 Å². The van der Waals surface area contributed by atoms with Crippen LogP contribution < -0.4 is 0 Å². The second-order valence-corrected chi connectivity index (χ2v) is 2.46. The van der Waals surface area contributed by atoms with Gasteiger partial charge in [0.1, 0.15) is 12.7 Å². The maximum Gasteiger partial charge on any atom is 0.216 e. The Bertz CT molecular complexity index is 118. The molecule has 1 aliphatic heterocycles. The average molecular weight is 164 g/mol. The van der Waals surface area contributed by atoms with Crippen molar-refractivity contribution in [1.82, 2.24) is 0 Å². The van der Waals surface area contributed by atoms with Gasteiger partial charge in [0, 0.05) is 0 Å². The van der Waals surface area contributed by atoms with Crippen molar-refractivity contribution < 1.29 is 24.8 Å². The van der Waals surface area contributed by atoms with Crippen molar-refractivity contribution in [3.63, 3.8) is 0 Å². The zero-order valence-corrected chi connectivity index (χ0v) is 6.06. The fourth-order valence-electron chi connectivity index (χ4n) is 0.713. The highest BCUT2D eigenvalue weighted by Gasteiger charge is 2.47. The van der Waals surface area contributed by atoms with Crippen LogP contribution >= 0.6 is 0 Å². The summed E-state index contributed by atoms with van der Waals surface area (Å²) < 4.78 is 9.81. The van der Waals surface area contributed by atoms with Crippen molar-refractivity contribution in [3.05, 3.63) is 0 Å². The van der Waals surface area contributed by atoms with Crippen LogP contribution in [0.3, 0.4) is 0 Å². The van der Waals surface area contributed by atoms with Crippen LogP contribution in [-0.2, 0) is 9.47 Å². The van der Waals surface area contributed by atoms with E-state index in [1.165, 1.54) is 0 Å². The number of aliphatic hydroxyl groups is 3. The third-order valence-electron chi connectivity index (χ3n) is 1.50. The predicted molar refractivity (Wildman–Crippen MR) is 34.8 cm³/mol. The molecule has 1 aliphatic rings. The van der Waals surface area contributed by atoms with Crippen molar-refractivity contribution >= 4 is 0 Å². The molecular formula is C6H12O5. The third-order valence-corrected chi connectivity index (χ3v) is 1.50. The zero-order valence-electron chi connectivity index (χ0n) is 6.06. The molecule has 0 aromatic carbocycles. The lowest BCUT2D eigenvalue weighted by atomic mass is 10.3. The molecule has 1 rings (SSSR count). The minimum absolute atomic E-state index is 0.247. The molecule has 0 aliphatic carbocycles. The molecule has 0 bridgehead atoms. The standard InChI is InChI=1S/C6H12O5/c7-1-5(2-8)11-6(3-9)4-10-6/h5,7-9H,1-4H2. The van der Waals surface area contributed by atoms with Crippen LogP contribution in [0.15, 0.2) is 0 Å². The molecule has 1 saturated heterocycles. The quantitative estimate of drug-likeness (QED) is 0.412. The second-order valence-electron chi connectivity index (χ2n) is 2.46. The molecule has 5 heteroatoms. The molecule has 1 atom stereocenters. The minimum Gasteiger partial charge on any atom is -0.394 e. The van der Waals surface area contributed by atoms with E-state index in [0.29, 0.717) is 6.61 Å². The van der Waals surface area contributed by atoms with E-state index in [2.05, 4.69) is 0 Å². The normalized spacial score (nSPS) is 29.5. The average Bonchev–Trinajstić information content (AvgIpc) is 2.81. The Kier molecular flexibility index (Phi) is 2.80. The van der Waals surface area contributed by atoms with Gasteiger partial charge in [0.15, 0.2) is 0 Å². The number of rotatable bonds is 5. The first-order valence-electron chi connectivity index (χ1n) is 3.40. The Labute approximate surface area is 64.2 Å². The molecule has 66 valence electrons. The van der Waals surface area contributed by atoms with Crippen LogP contribution in [0.2, 0.25) is 0 Å². The summed E-state index contributed by atoms with van der Waals surface area (Å²) in [7, 11) is 0. The van der Waals surface area contributed by atoms with Gasteiger partial charge in [0.25, 0.3) is 0 Å². The first-order valence-corrected chi connectivity index (χ1v) is 3.40. The lowest BCUT2D eigenvalue weighted by molar-refractivity contribution is -0.139. The first-order chi connectivity index (χ1) is 5.26. The van der Waals surface area contributed by atoms with Crippen LogP contribution in [-0.4, -0.2) is 53.6 Å². The summed E-state index contributed by atoms with van der Waals surface area (Å²) in [4.78, 5) is 0. The minimum atomic E-state index is -0.948. The van der Waals surface area contributed by atoms with E-state index in [1.807, 2.05) is 0 Å². The summed E-state index contributed by atoms with van der Waals surface area (Å²) in [6.07, 6.45) is -0.662. The molecule has 0 aromatic heterocycles. The van der Waals surface area contributed by atoms with Gasteiger partial charge < -0.3 is 24.8 Å². The summed E-state index contributed by atoms with van der Waals surface area (Å²) in [6, 6.07) is 0. The van der Waals surface area contributed by atoms with Gasteiger partial charge in [-0.25, -0.2) is 0 Å². The highest BCUT2D eigenvalue weighted by atomic mass is 16.8. The molecule has 0 saturated carbocycles. The summed E-state index contributed by atoms with van der Waals surface area (Å²) >= 11 is 0. The SMILES string of the molecule is OCC(CO)OC1(CO)CO1. The lowest BCUT2D eigenvalue weighted by Gasteiger charge is -2.16. The van der Waals surface area contributed by atoms with Crippen LogP contribution in [0.5, 0.6) is 0 Å². The Balaban J connectivity index is 2.27. The third kappa shape index (κ3) is 2.11. The van der Waals surface area contributed by atoms with Crippen LogP contribution in [0.1, 0.15) is 0 Å². The van der Waals surface area contributed by atoms with Gasteiger partial charge in [-0.15, -0.1) is 0 Å². The summed E-state index contributed by atoms with van der Waals surface area (Å²) in [5.74, 6) is -0.948. The molecule has 0 amide bonds. The Morgan fingerprint density at radius 2 is 1.91 bits per heavy atom.